The molecular formula is C23H26Cl3FN2O2. The Bertz CT molecular complexity index is 919. The number of amides is 2. The fourth-order valence-corrected chi connectivity index (χ4v) is 3.85. The quantitative estimate of drug-likeness (QED) is 0.468. The van der Waals surface area contributed by atoms with Gasteiger partial charge in [0.1, 0.15) is 11.9 Å². The summed E-state index contributed by atoms with van der Waals surface area (Å²) in [6.45, 7) is 5.75. The predicted octanol–water partition coefficient (Wildman–Crippen LogP) is 6.05. The maximum atomic E-state index is 14.3. The zero-order valence-corrected chi connectivity index (χ0v) is 20.0. The minimum atomic E-state index is -0.751. The lowest BCUT2D eigenvalue weighted by atomic mass is 10.1. The summed E-state index contributed by atoms with van der Waals surface area (Å²) in [5.41, 5.74) is 0.729. The van der Waals surface area contributed by atoms with Gasteiger partial charge in [0.2, 0.25) is 11.8 Å². The number of hydrogen-bond donors (Lipinski definition) is 1. The van der Waals surface area contributed by atoms with Gasteiger partial charge in [0, 0.05) is 33.2 Å². The van der Waals surface area contributed by atoms with Crippen molar-refractivity contribution in [1.82, 2.24) is 10.2 Å². The maximum Gasteiger partial charge on any atom is 0.243 e. The Labute approximate surface area is 197 Å². The topological polar surface area (TPSA) is 49.4 Å². The summed E-state index contributed by atoms with van der Waals surface area (Å²) in [5, 5.41) is 3.93. The molecule has 0 saturated carbocycles. The summed E-state index contributed by atoms with van der Waals surface area (Å²) in [4.78, 5) is 27.7. The monoisotopic (exact) mass is 486 g/mol. The van der Waals surface area contributed by atoms with E-state index < -0.39 is 17.8 Å². The van der Waals surface area contributed by atoms with E-state index in [1.165, 1.54) is 23.1 Å². The second-order valence-electron chi connectivity index (χ2n) is 7.38. The first-order valence-electron chi connectivity index (χ1n) is 10.1. The van der Waals surface area contributed by atoms with Crippen molar-refractivity contribution in [3.8, 4) is 0 Å². The predicted molar refractivity (Wildman–Crippen MR) is 124 cm³/mol. The van der Waals surface area contributed by atoms with Crippen LogP contribution in [0.1, 0.15) is 44.7 Å². The molecule has 0 bridgehead atoms. The number of hydrogen-bond acceptors (Lipinski definition) is 2. The number of nitrogens with one attached hydrogen (secondary N) is 1. The van der Waals surface area contributed by atoms with Gasteiger partial charge < -0.3 is 10.2 Å². The van der Waals surface area contributed by atoms with Gasteiger partial charge in [0.05, 0.1) is 6.42 Å². The summed E-state index contributed by atoms with van der Waals surface area (Å²) in [6, 6.07) is 8.42. The molecule has 0 fully saturated rings. The molecule has 2 rings (SSSR count). The van der Waals surface area contributed by atoms with Gasteiger partial charge in [-0.1, -0.05) is 60.8 Å². The average molecular weight is 488 g/mol. The smallest absolute Gasteiger partial charge is 0.243 e. The fraction of sp³-hybridized carbons (Fsp3) is 0.391. The van der Waals surface area contributed by atoms with E-state index in [0.717, 1.165) is 6.42 Å². The number of carbonyl (C=O) groups is 2. The molecular weight excluding hydrogens is 462 g/mol. The van der Waals surface area contributed by atoms with Crippen LogP contribution in [-0.2, 0) is 22.6 Å². The van der Waals surface area contributed by atoms with Crippen LogP contribution < -0.4 is 5.32 Å². The van der Waals surface area contributed by atoms with Gasteiger partial charge in [0.25, 0.3) is 0 Å². The van der Waals surface area contributed by atoms with Crippen molar-refractivity contribution in [2.75, 3.05) is 0 Å². The highest BCUT2D eigenvalue weighted by atomic mass is 35.5. The van der Waals surface area contributed by atoms with Crippen LogP contribution in [0.2, 0.25) is 15.1 Å². The lowest BCUT2D eigenvalue weighted by molar-refractivity contribution is -0.141. The standard InChI is InChI=1S/C23H26Cl3FN2O2/c1-4-14(3)28-23(31)21(5-2)29(13-15-9-10-16(24)11-19(15)26)22(30)12-17-18(25)7-6-8-20(17)27/h6-11,14,21H,4-5,12-13H2,1-3H3,(H,28,31)/t14-,21+/m1/s1. The minimum Gasteiger partial charge on any atom is -0.352 e. The Morgan fingerprint density at radius 2 is 1.77 bits per heavy atom. The first-order valence-corrected chi connectivity index (χ1v) is 11.3. The molecule has 0 heterocycles. The highest BCUT2D eigenvalue weighted by Gasteiger charge is 2.30. The van der Waals surface area contributed by atoms with Crippen LogP contribution in [0.4, 0.5) is 4.39 Å². The third-order valence-corrected chi connectivity index (χ3v) is 6.07. The zero-order valence-electron chi connectivity index (χ0n) is 17.7. The van der Waals surface area contributed by atoms with Gasteiger partial charge in [-0.15, -0.1) is 0 Å². The van der Waals surface area contributed by atoms with Crippen LogP contribution in [0.25, 0.3) is 0 Å². The molecule has 1 N–H and O–H groups in total. The van der Waals surface area contributed by atoms with Gasteiger partial charge >= 0.3 is 0 Å². The van der Waals surface area contributed by atoms with Crippen molar-refractivity contribution < 1.29 is 14.0 Å². The molecule has 2 aromatic rings. The van der Waals surface area contributed by atoms with Crippen molar-refractivity contribution in [2.24, 2.45) is 0 Å². The number of nitrogens with zero attached hydrogens (tertiary/aromatic N) is 1. The highest BCUT2D eigenvalue weighted by Crippen LogP contribution is 2.25. The molecule has 0 saturated heterocycles. The molecule has 0 unspecified atom stereocenters. The molecule has 4 nitrogen and oxygen atoms in total. The Morgan fingerprint density at radius 1 is 1.06 bits per heavy atom. The fourth-order valence-electron chi connectivity index (χ4n) is 3.15. The first kappa shape index (κ1) is 25.4. The van der Waals surface area contributed by atoms with E-state index in [1.807, 2.05) is 20.8 Å². The lowest BCUT2D eigenvalue weighted by Gasteiger charge is -2.32. The summed E-state index contributed by atoms with van der Waals surface area (Å²) in [5.74, 6) is -1.26. The SMILES string of the molecule is CC[C@@H](C)NC(=O)[C@H](CC)N(Cc1ccc(Cl)cc1Cl)C(=O)Cc1c(F)cccc1Cl. The molecule has 0 radical (unpaired) electrons. The maximum absolute atomic E-state index is 14.3. The molecule has 2 atom stereocenters. The van der Waals surface area contributed by atoms with Crippen LogP contribution in [0.15, 0.2) is 36.4 Å². The third-order valence-electron chi connectivity index (χ3n) is 5.13. The summed E-state index contributed by atoms with van der Waals surface area (Å²) in [6.07, 6.45) is 0.859. The van der Waals surface area contributed by atoms with Crippen LogP contribution in [-0.4, -0.2) is 28.8 Å². The third kappa shape index (κ3) is 6.83. The molecule has 0 aliphatic carbocycles. The van der Waals surface area contributed by atoms with Gasteiger partial charge in [-0.05, 0) is 49.6 Å². The Morgan fingerprint density at radius 3 is 2.35 bits per heavy atom. The lowest BCUT2D eigenvalue weighted by Crippen LogP contribution is -2.51. The minimum absolute atomic E-state index is 0.0429. The van der Waals surface area contributed by atoms with E-state index in [1.54, 1.807) is 18.2 Å². The number of halogens is 4. The van der Waals surface area contributed by atoms with Crippen molar-refractivity contribution in [2.45, 2.75) is 58.7 Å². The van der Waals surface area contributed by atoms with E-state index in [2.05, 4.69) is 5.32 Å². The molecule has 0 aliphatic heterocycles. The molecule has 8 heteroatoms. The largest absolute Gasteiger partial charge is 0.352 e. The van der Waals surface area contributed by atoms with Crippen LogP contribution in [0, 0.1) is 5.82 Å². The second-order valence-corrected chi connectivity index (χ2v) is 8.63. The first-order chi connectivity index (χ1) is 14.7. The molecule has 0 aliphatic rings. The van der Waals surface area contributed by atoms with Gasteiger partial charge in [-0.25, -0.2) is 4.39 Å². The van der Waals surface area contributed by atoms with Gasteiger partial charge in [-0.2, -0.15) is 0 Å². The highest BCUT2D eigenvalue weighted by molar-refractivity contribution is 6.35. The Balaban J connectivity index is 2.40. The number of rotatable bonds is 9. The van der Waals surface area contributed by atoms with E-state index in [4.69, 9.17) is 34.8 Å². The summed E-state index contributed by atoms with van der Waals surface area (Å²) < 4.78 is 14.3. The van der Waals surface area contributed by atoms with E-state index >= 15 is 0 Å². The molecule has 168 valence electrons. The van der Waals surface area contributed by atoms with Crippen LogP contribution >= 0.6 is 34.8 Å². The van der Waals surface area contributed by atoms with E-state index in [-0.39, 0.29) is 35.5 Å². The van der Waals surface area contributed by atoms with Crippen molar-refractivity contribution >= 4 is 46.6 Å². The number of benzene rings is 2. The second kappa shape index (κ2) is 11.7. The molecule has 0 spiro atoms. The molecule has 2 aromatic carbocycles. The van der Waals surface area contributed by atoms with Crippen molar-refractivity contribution in [3.05, 3.63) is 68.4 Å². The average Bonchev–Trinajstić information content (AvgIpc) is 2.71. The van der Waals surface area contributed by atoms with E-state index in [9.17, 15) is 14.0 Å². The number of carbonyl (C=O) groups excluding carboxylic acids is 2. The van der Waals surface area contributed by atoms with Crippen LogP contribution in [0.3, 0.4) is 0 Å². The normalized spacial score (nSPS) is 12.9. The van der Waals surface area contributed by atoms with Crippen molar-refractivity contribution in [3.63, 3.8) is 0 Å². The van der Waals surface area contributed by atoms with Gasteiger partial charge in [0.15, 0.2) is 0 Å². The molecule has 0 aromatic heterocycles. The molecule has 2 amide bonds. The Kier molecular flexibility index (Phi) is 9.60. The zero-order chi connectivity index (χ0) is 23.1. The summed E-state index contributed by atoms with van der Waals surface area (Å²) in [7, 11) is 0. The van der Waals surface area contributed by atoms with E-state index in [0.29, 0.717) is 22.0 Å². The van der Waals surface area contributed by atoms with Crippen molar-refractivity contribution in [1.29, 1.82) is 0 Å². The van der Waals surface area contributed by atoms with Gasteiger partial charge in [-0.3, -0.25) is 9.59 Å². The van der Waals surface area contributed by atoms with Crippen LogP contribution in [0.5, 0.6) is 0 Å². The summed E-state index contributed by atoms with van der Waals surface area (Å²) >= 11 is 18.4. The Hall–Kier alpha value is -1.82. The molecule has 31 heavy (non-hydrogen) atoms.